The van der Waals surface area contributed by atoms with Crippen molar-refractivity contribution in [2.45, 2.75) is 38.7 Å². The van der Waals surface area contributed by atoms with E-state index < -0.39 is 4.92 Å². The number of ether oxygens (including phenoxy) is 1. The summed E-state index contributed by atoms with van der Waals surface area (Å²) < 4.78 is 6.64. The molecule has 5 heteroatoms. The number of nitrogens with zero attached hydrogens (tertiary/aromatic N) is 1. The summed E-state index contributed by atoms with van der Waals surface area (Å²) >= 11 is 3.37. The summed E-state index contributed by atoms with van der Waals surface area (Å²) in [5.41, 5.74) is 0.0670. The largest absolute Gasteiger partial charge is 0.489 e. The van der Waals surface area contributed by atoms with Crippen molar-refractivity contribution in [3.63, 3.8) is 0 Å². The van der Waals surface area contributed by atoms with Crippen LogP contribution in [-0.4, -0.2) is 11.0 Å². The SMILES string of the molecule is CC1CCC(Oc2cc([N+](=O)[O-])ccc2Br)CC1. The molecule has 1 aliphatic carbocycles. The Morgan fingerprint density at radius 1 is 1.33 bits per heavy atom. The van der Waals surface area contributed by atoms with Crippen LogP contribution in [0.3, 0.4) is 0 Å². The van der Waals surface area contributed by atoms with Gasteiger partial charge in [0.1, 0.15) is 5.75 Å². The summed E-state index contributed by atoms with van der Waals surface area (Å²) in [5.74, 6) is 1.34. The first-order valence-electron chi connectivity index (χ1n) is 6.17. The lowest BCUT2D eigenvalue weighted by molar-refractivity contribution is -0.385. The quantitative estimate of drug-likeness (QED) is 0.617. The minimum Gasteiger partial charge on any atom is -0.489 e. The van der Waals surface area contributed by atoms with Crippen molar-refractivity contribution in [3.05, 3.63) is 32.8 Å². The second kappa shape index (κ2) is 5.69. The number of benzene rings is 1. The van der Waals surface area contributed by atoms with Gasteiger partial charge in [0.25, 0.3) is 5.69 Å². The predicted octanol–water partition coefficient (Wildman–Crippen LogP) is 4.31. The summed E-state index contributed by atoms with van der Waals surface area (Å²) in [6.45, 7) is 2.25. The van der Waals surface area contributed by atoms with E-state index in [-0.39, 0.29) is 11.8 Å². The lowest BCUT2D eigenvalue weighted by atomic mass is 9.89. The number of hydrogen-bond donors (Lipinski definition) is 0. The Kier molecular flexibility index (Phi) is 4.22. The number of non-ortho nitro benzene ring substituents is 1. The van der Waals surface area contributed by atoms with Crippen molar-refractivity contribution in [3.8, 4) is 5.75 Å². The highest BCUT2D eigenvalue weighted by atomic mass is 79.9. The zero-order chi connectivity index (χ0) is 13.1. The normalized spacial score (nSPS) is 23.7. The molecule has 0 amide bonds. The summed E-state index contributed by atoms with van der Waals surface area (Å²) in [6.07, 6.45) is 4.56. The molecule has 18 heavy (non-hydrogen) atoms. The first-order chi connectivity index (χ1) is 8.56. The molecule has 0 unspecified atom stereocenters. The smallest absolute Gasteiger partial charge is 0.273 e. The maximum absolute atomic E-state index is 10.7. The van der Waals surface area contributed by atoms with Gasteiger partial charge < -0.3 is 4.74 Å². The Bertz CT molecular complexity index is 442. The molecule has 0 spiro atoms. The number of nitro groups is 1. The van der Waals surface area contributed by atoms with E-state index in [1.807, 2.05) is 0 Å². The average molecular weight is 314 g/mol. The van der Waals surface area contributed by atoms with Gasteiger partial charge in [0.15, 0.2) is 0 Å². The summed E-state index contributed by atoms with van der Waals surface area (Å²) in [4.78, 5) is 10.3. The van der Waals surface area contributed by atoms with E-state index in [0.29, 0.717) is 5.75 Å². The molecule has 0 atom stereocenters. The molecule has 0 bridgehead atoms. The Labute approximate surface area is 115 Å². The molecule has 1 aromatic carbocycles. The van der Waals surface area contributed by atoms with Gasteiger partial charge in [0.2, 0.25) is 0 Å². The summed E-state index contributed by atoms with van der Waals surface area (Å²) in [7, 11) is 0. The fraction of sp³-hybridized carbons (Fsp3) is 0.538. The third-order valence-corrected chi connectivity index (χ3v) is 4.04. The lowest BCUT2D eigenvalue weighted by Crippen LogP contribution is -2.23. The van der Waals surface area contributed by atoms with Gasteiger partial charge in [-0.25, -0.2) is 0 Å². The van der Waals surface area contributed by atoms with Gasteiger partial charge in [-0.05, 0) is 53.6 Å². The van der Waals surface area contributed by atoms with Crippen LogP contribution in [0.1, 0.15) is 32.6 Å². The molecule has 0 radical (unpaired) electrons. The van der Waals surface area contributed by atoms with Crippen LogP contribution in [0.4, 0.5) is 5.69 Å². The third-order valence-electron chi connectivity index (χ3n) is 3.38. The van der Waals surface area contributed by atoms with Crippen LogP contribution < -0.4 is 4.74 Å². The second-order valence-corrected chi connectivity index (χ2v) is 5.73. The fourth-order valence-corrected chi connectivity index (χ4v) is 2.56. The molecule has 98 valence electrons. The van der Waals surface area contributed by atoms with Gasteiger partial charge >= 0.3 is 0 Å². The van der Waals surface area contributed by atoms with Crippen LogP contribution in [0.15, 0.2) is 22.7 Å². The van der Waals surface area contributed by atoms with Crippen molar-refractivity contribution in [2.75, 3.05) is 0 Å². The Balaban J connectivity index is 2.08. The van der Waals surface area contributed by atoms with E-state index in [4.69, 9.17) is 4.74 Å². The van der Waals surface area contributed by atoms with Gasteiger partial charge in [0.05, 0.1) is 21.6 Å². The minimum atomic E-state index is -0.401. The lowest BCUT2D eigenvalue weighted by Gasteiger charge is -2.27. The maximum atomic E-state index is 10.7. The second-order valence-electron chi connectivity index (χ2n) is 4.87. The van der Waals surface area contributed by atoms with E-state index >= 15 is 0 Å². The highest BCUT2D eigenvalue weighted by Gasteiger charge is 2.21. The highest BCUT2D eigenvalue weighted by molar-refractivity contribution is 9.10. The van der Waals surface area contributed by atoms with Gasteiger partial charge in [0, 0.05) is 6.07 Å². The first-order valence-corrected chi connectivity index (χ1v) is 6.96. The molecule has 1 fully saturated rings. The predicted molar refractivity (Wildman–Crippen MR) is 72.8 cm³/mol. The standard InChI is InChI=1S/C13H16BrNO3/c1-9-2-5-11(6-3-9)18-13-8-10(15(16)17)4-7-12(13)14/h4,7-9,11H,2-3,5-6H2,1H3. The molecule has 1 saturated carbocycles. The van der Waals surface area contributed by atoms with E-state index in [9.17, 15) is 10.1 Å². The van der Waals surface area contributed by atoms with Crippen LogP contribution in [0.25, 0.3) is 0 Å². The van der Waals surface area contributed by atoms with Gasteiger partial charge in [-0.3, -0.25) is 10.1 Å². The van der Waals surface area contributed by atoms with Gasteiger partial charge in [-0.1, -0.05) is 6.92 Å². The van der Waals surface area contributed by atoms with E-state index in [1.165, 1.54) is 12.1 Å². The Morgan fingerprint density at radius 3 is 2.61 bits per heavy atom. The van der Waals surface area contributed by atoms with Crippen LogP contribution in [0.2, 0.25) is 0 Å². The summed E-state index contributed by atoms with van der Waals surface area (Å²) in [6, 6.07) is 4.63. The Hall–Kier alpha value is -1.10. The monoisotopic (exact) mass is 313 g/mol. The first kappa shape index (κ1) is 13.3. The topological polar surface area (TPSA) is 52.4 Å². The molecule has 4 nitrogen and oxygen atoms in total. The number of rotatable bonds is 3. The van der Waals surface area contributed by atoms with Gasteiger partial charge in [-0.15, -0.1) is 0 Å². The zero-order valence-electron chi connectivity index (χ0n) is 10.3. The van der Waals surface area contributed by atoms with E-state index in [0.717, 1.165) is 36.1 Å². The molecule has 0 aromatic heterocycles. The van der Waals surface area contributed by atoms with Gasteiger partial charge in [-0.2, -0.15) is 0 Å². The van der Waals surface area contributed by atoms with Crippen molar-refractivity contribution in [2.24, 2.45) is 5.92 Å². The van der Waals surface area contributed by atoms with Crippen LogP contribution >= 0.6 is 15.9 Å². The van der Waals surface area contributed by atoms with Crippen LogP contribution in [0, 0.1) is 16.0 Å². The molecule has 0 saturated heterocycles. The summed E-state index contributed by atoms with van der Waals surface area (Å²) in [5, 5.41) is 10.7. The van der Waals surface area contributed by atoms with Crippen molar-refractivity contribution >= 4 is 21.6 Å². The molecular weight excluding hydrogens is 298 g/mol. The minimum absolute atomic E-state index is 0.0670. The molecule has 0 heterocycles. The molecule has 2 rings (SSSR count). The molecular formula is C13H16BrNO3. The average Bonchev–Trinajstić information content (AvgIpc) is 2.34. The number of nitro benzene ring substituents is 1. The van der Waals surface area contributed by atoms with E-state index in [1.54, 1.807) is 6.07 Å². The van der Waals surface area contributed by atoms with Crippen LogP contribution in [0.5, 0.6) is 5.75 Å². The number of halogens is 1. The molecule has 1 aromatic rings. The Morgan fingerprint density at radius 2 is 2.00 bits per heavy atom. The van der Waals surface area contributed by atoms with E-state index in [2.05, 4.69) is 22.9 Å². The molecule has 1 aliphatic rings. The zero-order valence-corrected chi connectivity index (χ0v) is 11.9. The number of hydrogen-bond acceptors (Lipinski definition) is 3. The maximum Gasteiger partial charge on any atom is 0.273 e. The van der Waals surface area contributed by atoms with Crippen molar-refractivity contribution in [1.82, 2.24) is 0 Å². The van der Waals surface area contributed by atoms with Crippen molar-refractivity contribution in [1.29, 1.82) is 0 Å². The van der Waals surface area contributed by atoms with Crippen LogP contribution in [-0.2, 0) is 0 Å². The molecule has 0 aliphatic heterocycles. The third kappa shape index (κ3) is 3.22. The molecule has 0 N–H and O–H groups in total. The van der Waals surface area contributed by atoms with Crippen molar-refractivity contribution < 1.29 is 9.66 Å². The fourth-order valence-electron chi connectivity index (χ4n) is 2.22. The highest BCUT2D eigenvalue weighted by Crippen LogP contribution is 2.33.